The van der Waals surface area contributed by atoms with E-state index in [1.807, 2.05) is 12.1 Å². The zero-order chi connectivity index (χ0) is 17.8. The molecule has 0 aliphatic carbocycles. The molecule has 1 aromatic carbocycles. The maximum atomic E-state index is 12.5. The van der Waals surface area contributed by atoms with Crippen molar-refractivity contribution in [1.82, 2.24) is 14.9 Å². The lowest BCUT2D eigenvalue weighted by Gasteiger charge is -2.26. The Bertz CT molecular complexity index is 753. The summed E-state index contributed by atoms with van der Waals surface area (Å²) in [6, 6.07) is 10.0. The number of ether oxygens (including phenoxy) is 1. The number of morpholine rings is 1. The van der Waals surface area contributed by atoms with Gasteiger partial charge in [-0.2, -0.15) is 0 Å². The van der Waals surface area contributed by atoms with Gasteiger partial charge in [-0.05, 0) is 37.1 Å². The largest absolute Gasteiger partial charge is 0.378 e. The van der Waals surface area contributed by atoms with Gasteiger partial charge in [0.05, 0.1) is 13.2 Å². The Kier molecular flexibility index (Phi) is 4.97. The van der Waals surface area contributed by atoms with Gasteiger partial charge in [-0.1, -0.05) is 0 Å². The second kappa shape index (κ2) is 7.70. The molecule has 2 aliphatic heterocycles. The number of rotatable bonds is 4. The summed E-state index contributed by atoms with van der Waals surface area (Å²) in [6.07, 6.45) is 3.95. The average molecular weight is 353 g/mol. The van der Waals surface area contributed by atoms with Gasteiger partial charge in [-0.3, -0.25) is 4.79 Å². The Morgan fingerprint density at radius 2 is 1.73 bits per heavy atom. The molecule has 1 aromatic heterocycles. The Balaban J connectivity index is 1.44. The van der Waals surface area contributed by atoms with Crippen LogP contribution in [-0.2, 0) is 4.74 Å². The Morgan fingerprint density at radius 1 is 1.00 bits per heavy atom. The number of hydrogen-bond acceptors (Lipinski definition) is 6. The van der Waals surface area contributed by atoms with Crippen molar-refractivity contribution in [2.45, 2.75) is 12.8 Å². The SMILES string of the molecule is O=C(c1cc(Nc2ccc(N3CCCC3)cc2)ncn1)N1CCOCC1. The highest BCUT2D eigenvalue weighted by Gasteiger charge is 2.20. The highest BCUT2D eigenvalue weighted by Crippen LogP contribution is 2.23. The number of aromatic nitrogens is 2. The zero-order valence-corrected chi connectivity index (χ0v) is 14.7. The summed E-state index contributed by atoms with van der Waals surface area (Å²) in [5.41, 5.74) is 2.59. The van der Waals surface area contributed by atoms with Crippen LogP contribution in [0.25, 0.3) is 0 Å². The molecule has 136 valence electrons. The van der Waals surface area contributed by atoms with E-state index in [-0.39, 0.29) is 5.91 Å². The quantitative estimate of drug-likeness (QED) is 0.909. The van der Waals surface area contributed by atoms with Crippen LogP contribution in [0.4, 0.5) is 17.2 Å². The van der Waals surface area contributed by atoms with Crippen molar-refractivity contribution < 1.29 is 9.53 Å². The third-order valence-electron chi connectivity index (χ3n) is 4.80. The van der Waals surface area contributed by atoms with E-state index in [1.165, 1.54) is 24.9 Å². The summed E-state index contributed by atoms with van der Waals surface area (Å²) in [6.45, 7) is 4.61. The summed E-state index contributed by atoms with van der Waals surface area (Å²) >= 11 is 0. The van der Waals surface area contributed by atoms with Gasteiger partial charge in [0.15, 0.2) is 0 Å². The van der Waals surface area contributed by atoms with Gasteiger partial charge in [0, 0.05) is 43.6 Å². The van der Waals surface area contributed by atoms with Crippen LogP contribution >= 0.6 is 0 Å². The molecule has 1 amide bonds. The van der Waals surface area contributed by atoms with E-state index in [0.717, 1.165) is 18.8 Å². The second-order valence-electron chi connectivity index (χ2n) is 6.56. The first-order valence-corrected chi connectivity index (χ1v) is 9.11. The lowest BCUT2D eigenvalue weighted by atomic mass is 10.2. The number of anilines is 3. The molecule has 2 saturated heterocycles. The van der Waals surface area contributed by atoms with Gasteiger partial charge in [-0.15, -0.1) is 0 Å². The first-order chi connectivity index (χ1) is 12.8. The van der Waals surface area contributed by atoms with E-state index in [4.69, 9.17) is 4.74 Å². The number of nitrogens with zero attached hydrogens (tertiary/aromatic N) is 4. The number of carbonyl (C=O) groups is 1. The third kappa shape index (κ3) is 3.77. The average Bonchev–Trinajstić information content (AvgIpc) is 3.24. The topological polar surface area (TPSA) is 70.6 Å². The molecular formula is C19H23N5O2. The Hall–Kier alpha value is -2.67. The van der Waals surface area contributed by atoms with Crippen molar-refractivity contribution >= 4 is 23.1 Å². The van der Waals surface area contributed by atoms with Crippen LogP contribution in [0.5, 0.6) is 0 Å². The van der Waals surface area contributed by atoms with Gasteiger partial charge in [0.25, 0.3) is 5.91 Å². The number of nitrogens with one attached hydrogen (secondary N) is 1. The van der Waals surface area contributed by atoms with E-state index in [1.54, 1.807) is 11.0 Å². The van der Waals surface area contributed by atoms with Crippen molar-refractivity contribution in [1.29, 1.82) is 0 Å². The molecule has 2 aromatic rings. The van der Waals surface area contributed by atoms with Crippen LogP contribution in [0, 0.1) is 0 Å². The summed E-state index contributed by atoms with van der Waals surface area (Å²) in [4.78, 5) is 25.1. The van der Waals surface area contributed by atoms with Crippen LogP contribution in [0.1, 0.15) is 23.3 Å². The number of benzene rings is 1. The number of amides is 1. The molecule has 2 aliphatic rings. The van der Waals surface area contributed by atoms with Crippen molar-refractivity contribution in [2.75, 3.05) is 49.6 Å². The molecule has 0 radical (unpaired) electrons. The molecule has 0 unspecified atom stereocenters. The number of carbonyl (C=O) groups excluding carboxylic acids is 1. The monoisotopic (exact) mass is 353 g/mol. The Morgan fingerprint density at radius 3 is 2.46 bits per heavy atom. The molecule has 0 bridgehead atoms. The molecule has 0 atom stereocenters. The molecule has 7 nitrogen and oxygen atoms in total. The molecular weight excluding hydrogens is 330 g/mol. The lowest BCUT2D eigenvalue weighted by molar-refractivity contribution is 0.0299. The first kappa shape index (κ1) is 16.8. The molecule has 0 spiro atoms. The van der Waals surface area contributed by atoms with Crippen LogP contribution in [0.15, 0.2) is 36.7 Å². The minimum absolute atomic E-state index is 0.0804. The molecule has 0 saturated carbocycles. The predicted molar refractivity (Wildman–Crippen MR) is 99.9 cm³/mol. The van der Waals surface area contributed by atoms with Crippen LogP contribution in [0.3, 0.4) is 0 Å². The highest BCUT2D eigenvalue weighted by molar-refractivity contribution is 5.93. The summed E-state index contributed by atoms with van der Waals surface area (Å²) < 4.78 is 5.29. The van der Waals surface area contributed by atoms with Gasteiger partial charge in [0.1, 0.15) is 17.8 Å². The molecule has 26 heavy (non-hydrogen) atoms. The predicted octanol–water partition coefficient (Wildman–Crippen LogP) is 2.29. The van der Waals surface area contributed by atoms with E-state index >= 15 is 0 Å². The molecule has 2 fully saturated rings. The van der Waals surface area contributed by atoms with Crippen molar-refractivity contribution in [3.63, 3.8) is 0 Å². The standard InChI is InChI=1S/C19H23N5O2/c25-19(24-9-11-26-12-10-24)17-13-18(21-14-20-17)22-15-3-5-16(6-4-15)23-7-1-2-8-23/h3-6,13-14H,1-2,7-12H2,(H,20,21,22). The minimum atomic E-state index is -0.0804. The van der Waals surface area contributed by atoms with Crippen LogP contribution in [0.2, 0.25) is 0 Å². The van der Waals surface area contributed by atoms with Crippen LogP contribution < -0.4 is 10.2 Å². The molecule has 7 heteroatoms. The van der Waals surface area contributed by atoms with Gasteiger partial charge < -0.3 is 19.9 Å². The van der Waals surface area contributed by atoms with E-state index in [2.05, 4.69) is 32.3 Å². The van der Waals surface area contributed by atoms with Crippen molar-refractivity contribution in [2.24, 2.45) is 0 Å². The fraction of sp³-hybridized carbons (Fsp3) is 0.421. The normalized spacial score (nSPS) is 17.4. The fourth-order valence-electron chi connectivity index (χ4n) is 3.35. The molecule has 3 heterocycles. The van der Waals surface area contributed by atoms with Gasteiger partial charge >= 0.3 is 0 Å². The second-order valence-corrected chi connectivity index (χ2v) is 6.56. The van der Waals surface area contributed by atoms with E-state index in [9.17, 15) is 4.79 Å². The lowest BCUT2D eigenvalue weighted by Crippen LogP contribution is -2.41. The maximum absolute atomic E-state index is 12.5. The van der Waals surface area contributed by atoms with Crippen molar-refractivity contribution in [3.8, 4) is 0 Å². The van der Waals surface area contributed by atoms with Crippen molar-refractivity contribution in [3.05, 3.63) is 42.4 Å². The zero-order valence-electron chi connectivity index (χ0n) is 14.7. The van der Waals surface area contributed by atoms with Crippen LogP contribution in [-0.4, -0.2) is 60.2 Å². The summed E-state index contributed by atoms with van der Waals surface area (Å²) in [5, 5.41) is 3.25. The summed E-state index contributed by atoms with van der Waals surface area (Å²) in [7, 11) is 0. The number of hydrogen-bond donors (Lipinski definition) is 1. The highest BCUT2D eigenvalue weighted by atomic mass is 16.5. The van der Waals surface area contributed by atoms with E-state index in [0.29, 0.717) is 37.8 Å². The fourth-order valence-corrected chi connectivity index (χ4v) is 3.35. The van der Waals surface area contributed by atoms with Gasteiger partial charge in [-0.25, -0.2) is 9.97 Å². The smallest absolute Gasteiger partial charge is 0.272 e. The van der Waals surface area contributed by atoms with E-state index < -0.39 is 0 Å². The Labute approximate surface area is 153 Å². The molecule has 1 N–H and O–H groups in total. The van der Waals surface area contributed by atoms with Gasteiger partial charge in [0.2, 0.25) is 0 Å². The maximum Gasteiger partial charge on any atom is 0.272 e. The first-order valence-electron chi connectivity index (χ1n) is 9.11. The third-order valence-corrected chi connectivity index (χ3v) is 4.80. The summed E-state index contributed by atoms with van der Waals surface area (Å²) in [5.74, 6) is 0.536. The minimum Gasteiger partial charge on any atom is -0.378 e. The molecule has 4 rings (SSSR count).